The quantitative estimate of drug-likeness (QED) is 0.606. The average molecular weight is 412 g/mol. The zero-order chi connectivity index (χ0) is 20.2. The summed E-state index contributed by atoms with van der Waals surface area (Å²) in [5.41, 5.74) is 2.21. The molecule has 1 aliphatic rings. The van der Waals surface area contributed by atoms with E-state index in [1.807, 2.05) is 37.4 Å². The van der Waals surface area contributed by atoms with Crippen LogP contribution < -0.4 is 4.74 Å². The highest BCUT2D eigenvalue weighted by Crippen LogP contribution is 2.31. The second-order valence-electron chi connectivity index (χ2n) is 7.28. The number of likely N-dealkylation sites (tertiary alicyclic amines) is 1. The van der Waals surface area contributed by atoms with E-state index >= 15 is 0 Å². The van der Waals surface area contributed by atoms with Crippen molar-refractivity contribution >= 4 is 27.6 Å². The second kappa shape index (κ2) is 8.80. The minimum atomic E-state index is -0.257. The average Bonchev–Trinajstić information content (AvgIpc) is 3.17. The van der Waals surface area contributed by atoms with Gasteiger partial charge in [-0.05, 0) is 42.7 Å². The van der Waals surface area contributed by atoms with Crippen molar-refractivity contribution in [2.75, 3.05) is 27.2 Å². The number of thiazole rings is 1. The van der Waals surface area contributed by atoms with Gasteiger partial charge in [0, 0.05) is 32.7 Å². The van der Waals surface area contributed by atoms with Gasteiger partial charge in [0.2, 0.25) is 0 Å². The number of benzene rings is 2. The Morgan fingerprint density at radius 2 is 1.90 bits per heavy atom. The zero-order valence-corrected chi connectivity index (χ0v) is 17.5. The molecule has 1 amide bonds. The van der Waals surface area contributed by atoms with Gasteiger partial charge in [0.25, 0.3) is 5.19 Å². The van der Waals surface area contributed by atoms with Crippen molar-refractivity contribution < 1.29 is 14.3 Å². The number of nitrogens with zero attached hydrogens (tertiary/aromatic N) is 3. The van der Waals surface area contributed by atoms with Crippen molar-refractivity contribution in [1.29, 1.82) is 0 Å². The first-order chi connectivity index (χ1) is 14.1. The SMILES string of the molecule is COC(=O)N(C)C1CCN(Cc2ccc(Oc3nc4ccccc4s3)cc2)CC1. The number of hydrogen-bond donors (Lipinski definition) is 0. The Morgan fingerprint density at radius 1 is 1.17 bits per heavy atom. The monoisotopic (exact) mass is 411 g/mol. The van der Waals surface area contributed by atoms with Crippen LogP contribution in [0.4, 0.5) is 4.79 Å². The summed E-state index contributed by atoms with van der Waals surface area (Å²) >= 11 is 1.55. The highest BCUT2D eigenvalue weighted by atomic mass is 32.1. The molecule has 0 unspecified atom stereocenters. The van der Waals surface area contributed by atoms with Gasteiger partial charge in [-0.25, -0.2) is 9.78 Å². The lowest BCUT2D eigenvalue weighted by Crippen LogP contribution is -2.45. The highest BCUT2D eigenvalue weighted by molar-refractivity contribution is 7.20. The number of ether oxygens (including phenoxy) is 2. The number of carbonyl (C=O) groups is 1. The van der Waals surface area contributed by atoms with E-state index in [0.29, 0.717) is 5.19 Å². The van der Waals surface area contributed by atoms with Crippen molar-refractivity contribution in [2.24, 2.45) is 0 Å². The largest absolute Gasteiger partial charge is 0.453 e. The molecule has 1 aliphatic heterocycles. The van der Waals surface area contributed by atoms with Crippen LogP contribution in [0.2, 0.25) is 0 Å². The Bertz CT molecular complexity index is 932. The summed E-state index contributed by atoms with van der Waals surface area (Å²) in [6.07, 6.45) is 1.67. The Morgan fingerprint density at radius 3 is 2.59 bits per heavy atom. The zero-order valence-electron chi connectivity index (χ0n) is 16.7. The van der Waals surface area contributed by atoms with Crippen molar-refractivity contribution in [2.45, 2.75) is 25.4 Å². The molecule has 1 fully saturated rings. The molecular formula is C22H25N3O3S. The first-order valence-corrected chi connectivity index (χ1v) is 10.6. The summed E-state index contributed by atoms with van der Waals surface area (Å²) in [4.78, 5) is 20.3. The molecule has 1 aromatic heterocycles. The fourth-order valence-electron chi connectivity index (χ4n) is 3.67. The number of para-hydroxylation sites is 1. The van der Waals surface area contributed by atoms with Gasteiger partial charge in [-0.3, -0.25) is 4.90 Å². The third-order valence-corrected chi connectivity index (χ3v) is 6.29. The Hall–Kier alpha value is -2.64. The van der Waals surface area contributed by atoms with Crippen LogP contribution in [0.1, 0.15) is 18.4 Å². The fraction of sp³-hybridized carbons (Fsp3) is 0.364. The van der Waals surface area contributed by atoms with E-state index in [4.69, 9.17) is 9.47 Å². The van der Waals surface area contributed by atoms with E-state index < -0.39 is 0 Å². The molecule has 0 N–H and O–H groups in total. The molecule has 0 aliphatic carbocycles. The number of aromatic nitrogens is 1. The third kappa shape index (κ3) is 4.68. The standard InChI is InChI=1S/C22H25N3O3S/c1-24(22(26)27-2)17-11-13-25(14-12-17)15-16-7-9-18(10-8-16)28-21-23-19-5-3-4-6-20(19)29-21/h3-10,17H,11-15H2,1-2H3. The molecular weight excluding hydrogens is 386 g/mol. The lowest BCUT2D eigenvalue weighted by Gasteiger charge is -2.36. The lowest BCUT2D eigenvalue weighted by atomic mass is 10.0. The topological polar surface area (TPSA) is 54.9 Å². The van der Waals surface area contributed by atoms with Crippen LogP contribution in [-0.4, -0.2) is 54.2 Å². The minimum absolute atomic E-state index is 0.253. The summed E-state index contributed by atoms with van der Waals surface area (Å²) in [6, 6.07) is 16.5. The molecule has 2 heterocycles. The van der Waals surface area contributed by atoms with Crippen LogP contribution in [0.15, 0.2) is 48.5 Å². The van der Waals surface area contributed by atoms with Crippen molar-refractivity contribution in [3.63, 3.8) is 0 Å². The number of amides is 1. The first-order valence-electron chi connectivity index (χ1n) is 9.78. The van der Waals surface area contributed by atoms with Crippen LogP contribution in [0.3, 0.4) is 0 Å². The summed E-state index contributed by atoms with van der Waals surface area (Å²) < 4.78 is 11.9. The normalized spacial score (nSPS) is 15.4. The van der Waals surface area contributed by atoms with E-state index in [0.717, 1.165) is 48.4 Å². The molecule has 152 valence electrons. The van der Waals surface area contributed by atoms with Gasteiger partial charge in [0.05, 0.1) is 17.3 Å². The molecule has 0 radical (unpaired) electrons. The van der Waals surface area contributed by atoms with Gasteiger partial charge in [0.1, 0.15) is 5.75 Å². The molecule has 0 bridgehead atoms. The van der Waals surface area contributed by atoms with Crippen molar-refractivity contribution in [1.82, 2.24) is 14.8 Å². The van der Waals surface area contributed by atoms with Crippen LogP contribution in [0.5, 0.6) is 10.9 Å². The van der Waals surface area contributed by atoms with E-state index in [2.05, 4.69) is 28.1 Å². The van der Waals surface area contributed by atoms with Crippen LogP contribution in [-0.2, 0) is 11.3 Å². The van der Waals surface area contributed by atoms with Gasteiger partial charge in [-0.15, -0.1) is 0 Å². The summed E-state index contributed by atoms with van der Waals surface area (Å²) in [6.45, 7) is 2.84. The molecule has 6 nitrogen and oxygen atoms in total. The Labute approximate surface area is 174 Å². The van der Waals surface area contributed by atoms with E-state index in [1.165, 1.54) is 12.7 Å². The van der Waals surface area contributed by atoms with E-state index in [1.54, 1.807) is 16.2 Å². The molecule has 7 heteroatoms. The molecule has 29 heavy (non-hydrogen) atoms. The van der Waals surface area contributed by atoms with Crippen LogP contribution in [0, 0.1) is 0 Å². The molecule has 0 atom stereocenters. The van der Waals surface area contributed by atoms with Crippen molar-refractivity contribution in [3.8, 4) is 10.9 Å². The van der Waals surface area contributed by atoms with Crippen LogP contribution >= 0.6 is 11.3 Å². The summed E-state index contributed by atoms with van der Waals surface area (Å²) in [7, 11) is 3.24. The third-order valence-electron chi connectivity index (χ3n) is 5.38. The number of hydrogen-bond acceptors (Lipinski definition) is 6. The molecule has 1 saturated heterocycles. The van der Waals surface area contributed by atoms with E-state index in [-0.39, 0.29) is 12.1 Å². The van der Waals surface area contributed by atoms with Gasteiger partial charge in [-0.2, -0.15) is 0 Å². The highest BCUT2D eigenvalue weighted by Gasteiger charge is 2.25. The fourth-order valence-corrected chi connectivity index (χ4v) is 4.51. The predicted octanol–water partition coefficient (Wildman–Crippen LogP) is 4.75. The molecule has 4 rings (SSSR count). The number of piperidine rings is 1. The second-order valence-corrected chi connectivity index (χ2v) is 8.27. The molecule has 0 saturated carbocycles. The lowest BCUT2D eigenvalue weighted by molar-refractivity contribution is 0.0896. The predicted molar refractivity (Wildman–Crippen MR) is 115 cm³/mol. The van der Waals surface area contributed by atoms with Gasteiger partial charge in [0.15, 0.2) is 0 Å². The van der Waals surface area contributed by atoms with Crippen molar-refractivity contribution in [3.05, 3.63) is 54.1 Å². The number of rotatable bonds is 5. The first kappa shape index (κ1) is 19.7. The number of carbonyl (C=O) groups excluding carboxylic acids is 1. The maximum Gasteiger partial charge on any atom is 0.409 e. The number of fused-ring (bicyclic) bond motifs is 1. The maximum atomic E-state index is 11.7. The number of methoxy groups -OCH3 is 1. The summed E-state index contributed by atoms with van der Waals surface area (Å²) in [5, 5.41) is 0.663. The minimum Gasteiger partial charge on any atom is -0.453 e. The molecule has 2 aromatic carbocycles. The Balaban J connectivity index is 1.30. The van der Waals surface area contributed by atoms with Gasteiger partial charge in [-0.1, -0.05) is 35.6 Å². The smallest absolute Gasteiger partial charge is 0.409 e. The maximum absolute atomic E-state index is 11.7. The van der Waals surface area contributed by atoms with Crippen LogP contribution in [0.25, 0.3) is 10.2 Å². The van der Waals surface area contributed by atoms with Gasteiger partial charge >= 0.3 is 6.09 Å². The summed E-state index contributed by atoms with van der Waals surface area (Å²) in [5.74, 6) is 0.797. The Kier molecular flexibility index (Phi) is 5.97. The molecule has 0 spiro atoms. The molecule has 3 aromatic rings. The van der Waals surface area contributed by atoms with Gasteiger partial charge < -0.3 is 14.4 Å². The van der Waals surface area contributed by atoms with E-state index in [9.17, 15) is 4.79 Å².